The second kappa shape index (κ2) is 5.13. The summed E-state index contributed by atoms with van der Waals surface area (Å²) < 4.78 is 39.7. The summed E-state index contributed by atoms with van der Waals surface area (Å²) in [5.74, 6) is -0.812. The highest BCUT2D eigenvalue weighted by Crippen LogP contribution is 2.24. The Kier molecular flexibility index (Phi) is 3.91. The van der Waals surface area contributed by atoms with Gasteiger partial charge in [0.15, 0.2) is 0 Å². The Hall–Kier alpha value is -0.690. The summed E-state index contributed by atoms with van der Waals surface area (Å²) in [5, 5.41) is 3.18. The molecule has 18 heavy (non-hydrogen) atoms. The number of benzene rings is 1. The van der Waals surface area contributed by atoms with Crippen molar-refractivity contribution in [1.82, 2.24) is 9.62 Å². The van der Waals surface area contributed by atoms with Crippen LogP contribution in [0.2, 0.25) is 5.02 Å². The highest BCUT2D eigenvalue weighted by molar-refractivity contribution is 7.89. The van der Waals surface area contributed by atoms with Crippen LogP contribution in [0.1, 0.15) is 6.92 Å². The fraction of sp³-hybridized carbons (Fsp3) is 0.455. The highest BCUT2D eigenvalue weighted by atomic mass is 35.5. The van der Waals surface area contributed by atoms with Crippen molar-refractivity contribution in [1.29, 1.82) is 0 Å². The van der Waals surface area contributed by atoms with E-state index in [0.29, 0.717) is 19.6 Å². The first kappa shape index (κ1) is 13.7. The van der Waals surface area contributed by atoms with Crippen molar-refractivity contribution in [3.8, 4) is 0 Å². The van der Waals surface area contributed by atoms with Gasteiger partial charge in [0.25, 0.3) is 0 Å². The summed E-state index contributed by atoms with van der Waals surface area (Å²) in [6.07, 6.45) is 0. The first-order valence-electron chi connectivity index (χ1n) is 5.64. The zero-order valence-corrected chi connectivity index (χ0v) is 11.4. The number of nitrogens with one attached hydrogen (secondary N) is 1. The molecule has 100 valence electrons. The summed E-state index contributed by atoms with van der Waals surface area (Å²) in [7, 11) is -3.80. The van der Waals surface area contributed by atoms with Crippen molar-refractivity contribution < 1.29 is 12.8 Å². The van der Waals surface area contributed by atoms with E-state index in [1.54, 1.807) is 6.92 Å². The number of sulfonamides is 1. The molecule has 0 saturated carbocycles. The molecule has 1 aliphatic rings. The third kappa shape index (κ3) is 2.38. The number of hydrogen-bond donors (Lipinski definition) is 1. The number of rotatable bonds is 4. The maximum absolute atomic E-state index is 13.7. The van der Waals surface area contributed by atoms with Gasteiger partial charge < -0.3 is 5.32 Å². The van der Waals surface area contributed by atoms with Gasteiger partial charge in [0, 0.05) is 24.7 Å². The van der Waals surface area contributed by atoms with Crippen molar-refractivity contribution in [3.63, 3.8) is 0 Å². The van der Waals surface area contributed by atoms with Crippen LogP contribution in [-0.2, 0) is 10.0 Å². The average molecular weight is 293 g/mol. The van der Waals surface area contributed by atoms with Crippen LogP contribution in [-0.4, -0.2) is 38.4 Å². The summed E-state index contributed by atoms with van der Waals surface area (Å²) in [5.41, 5.74) is 0. The van der Waals surface area contributed by atoms with Crippen LogP contribution in [0.4, 0.5) is 4.39 Å². The van der Waals surface area contributed by atoms with Crippen molar-refractivity contribution in [2.45, 2.75) is 17.9 Å². The van der Waals surface area contributed by atoms with Gasteiger partial charge in [-0.25, -0.2) is 12.8 Å². The molecule has 0 bridgehead atoms. The second-order valence-electron chi connectivity index (χ2n) is 4.10. The fourth-order valence-electron chi connectivity index (χ4n) is 1.91. The van der Waals surface area contributed by atoms with Gasteiger partial charge in [-0.05, 0) is 18.2 Å². The maximum atomic E-state index is 13.7. The van der Waals surface area contributed by atoms with Gasteiger partial charge in [-0.3, -0.25) is 0 Å². The average Bonchev–Trinajstić information content (AvgIpc) is 2.22. The zero-order valence-electron chi connectivity index (χ0n) is 9.86. The van der Waals surface area contributed by atoms with Crippen LogP contribution in [0.5, 0.6) is 0 Å². The number of halogens is 2. The molecule has 0 aromatic heterocycles. The topological polar surface area (TPSA) is 49.4 Å². The Bertz CT molecular complexity index is 546. The van der Waals surface area contributed by atoms with Crippen molar-refractivity contribution in [2.75, 3.05) is 19.6 Å². The third-order valence-corrected chi connectivity index (χ3v) is 5.26. The molecular weight excluding hydrogens is 279 g/mol. The monoisotopic (exact) mass is 292 g/mol. The largest absolute Gasteiger partial charge is 0.313 e. The molecule has 1 aliphatic heterocycles. The van der Waals surface area contributed by atoms with E-state index in [4.69, 9.17) is 11.6 Å². The standard InChI is InChI=1S/C11H14ClFN2O2S/c1-2-15(9-6-14-7-9)18(16,17)11-4-3-8(12)5-10(11)13/h3-5,9,14H,2,6-7H2,1H3. The summed E-state index contributed by atoms with van der Waals surface area (Å²) >= 11 is 5.62. The Balaban J connectivity index is 2.39. The highest BCUT2D eigenvalue weighted by Gasteiger charge is 2.35. The molecule has 0 radical (unpaired) electrons. The lowest BCUT2D eigenvalue weighted by atomic mass is 10.2. The lowest BCUT2D eigenvalue weighted by molar-refractivity contribution is 0.249. The molecule has 0 unspecified atom stereocenters. The molecule has 1 aromatic carbocycles. The Morgan fingerprint density at radius 2 is 2.17 bits per heavy atom. The molecule has 1 saturated heterocycles. The molecule has 1 heterocycles. The van der Waals surface area contributed by atoms with Crippen LogP contribution < -0.4 is 5.32 Å². The van der Waals surface area contributed by atoms with Gasteiger partial charge in [-0.15, -0.1) is 0 Å². The summed E-state index contributed by atoms with van der Waals surface area (Å²) in [4.78, 5) is -0.319. The van der Waals surface area contributed by atoms with E-state index in [1.807, 2.05) is 0 Å². The van der Waals surface area contributed by atoms with E-state index in [1.165, 1.54) is 16.4 Å². The molecule has 7 heteroatoms. The first-order valence-corrected chi connectivity index (χ1v) is 7.46. The van der Waals surface area contributed by atoms with E-state index in [9.17, 15) is 12.8 Å². The van der Waals surface area contributed by atoms with Crippen LogP contribution in [0.15, 0.2) is 23.1 Å². The van der Waals surface area contributed by atoms with Gasteiger partial charge >= 0.3 is 0 Å². The summed E-state index contributed by atoms with van der Waals surface area (Å²) in [6.45, 7) is 3.25. The minimum Gasteiger partial charge on any atom is -0.313 e. The Morgan fingerprint density at radius 3 is 2.61 bits per heavy atom. The Labute approximate surface area is 111 Å². The molecule has 1 aromatic rings. The molecule has 0 amide bonds. The second-order valence-corrected chi connectivity index (χ2v) is 6.39. The lowest BCUT2D eigenvalue weighted by Crippen LogP contribution is -2.58. The number of nitrogens with zero attached hydrogens (tertiary/aromatic N) is 1. The van der Waals surface area contributed by atoms with Gasteiger partial charge in [0.2, 0.25) is 10.0 Å². The van der Waals surface area contributed by atoms with Crippen molar-refractivity contribution in [2.24, 2.45) is 0 Å². The molecule has 0 spiro atoms. The third-order valence-electron chi connectivity index (χ3n) is 2.96. The smallest absolute Gasteiger partial charge is 0.246 e. The number of hydrogen-bond acceptors (Lipinski definition) is 3. The first-order chi connectivity index (χ1) is 8.46. The molecule has 0 atom stereocenters. The van der Waals surface area contributed by atoms with E-state index in [0.717, 1.165) is 6.07 Å². The van der Waals surface area contributed by atoms with Crippen LogP contribution in [0.3, 0.4) is 0 Å². The van der Waals surface area contributed by atoms with E-state index < -0.39 is 15.8 Å². The van der Waals surface area contributed by atoms with Crippen molar-refractivity contribution >= 4 is 21.6 Å². The van der Waals surface area contributed by atoms with E-state index >= 15 is 0 Å². The molecular formula is C11H14ClFN2O2S. The van der Waals surface area contributed by atoms with E-state index in [-0.39, 0.29) is 16.0 Å². The van der Waals surface area contributed by atoms with Crippen LogP contribution >= 0.6 is 11.6 Å². The van der Waals surface area contributed by atoms with Gasteiger partial charge in [0.05, 0.1) is 6.04 Å². The minimum atomic E-state index is -3.80. The SMILES string of the molecule is CCN(C1CNC1)S(=O)(=O)c1ccc(Cl)cc1F. The molecule has 4 nitrogen and oxygen atoms in total. The van der Waals surface area contributed by atoms with Crippen LogP contribution in [0, 0.1) is 5.82 Å². The van der Waals surface area contributed by atoms with E-state index in [2.05, 4.69) is 5.32 Å². The summed E-state index contributed by atoms with van der Waals surface area (Å²) in [6, 6.07) is 3.50. The van der Waals surface area contributed by atoms with Gasteiger partial charge in [0.1, 0.15) is 10.7 Å². The zero-order chi connectivity index (χ0) is 13.3. The Morgan fingerprint density at radius 1 is 1.50 bits per heavy atom. The number of likely N-dealkylation sites (N-methyl/N-ethyl adjacent to an activating group) is 1. The molecule has 2 rings (SSSR count). The molecule has 1 N–H and O–H groups in total. The predicted octanol–water partition coefficient (Wildman–Crippen LogP) is 1.46. The predicted molar refractivity (Wildman–Crippen MR) is 67.6 cm³/mol. The van der Waals surface area contributed by atoms with Gasteiger partial charge in [-0.1, -0.05) is 18.5 Å². The normalized spacial score (nSPS) is 16.9. The minimum absolute atomic E-state index is 0.102. The molecule has 1 fully saturated rings. The molecule has 0 aliphatic carbocycles. The quantitative estimate of drug-likeness (QED) is 0.914. The van der Waals surface area contributed by atoms with Crippen molar-refractivity contribution in [3.05, 3.63) is 29.0 Å². The lowest BCUT2D eigenvalue weighted by Gasteiger charge is -2.36. The van der Waals surface area contributed by atoms with Crippen LogP contribution in [0.25, 0.3) is 0 Å². The van der Waals surface area contributed by atoms with Gasteiger partial charge in [-0.2, -0.15) is 4.31 Å². The maximum Gasteiger partial charge on any atom is 0.246 e. The fourth-order valence-corrected chi connectivity index (χ4v) is 3.75.